The molecule has 2 saturated carbocycles. The van der Waals surface area contributed by atoms with Crippen LogP contribution in [0, 0.1) is 22.7 Å². The van der Waals surface area contributed by atoms with Gasteiger partial charge in [0, 0.05) is 12.6 Å². The van der Waals surface area contributed by atoms with Crippen LogP contribution < -0.4 is 5.32 Å². The van der Waals surface area contributed by atoms with E-state index in [2.05, 4.69) is 46.5 Å². The Balaban J connectivity index is 2.09. The van der Waals surface area contributed by atoms with Gasteiger partial charge in [-0.25, -0.2) is 0 Å². The molecule has 0 aromatic heterocycles. The fourth-order valence-corrected chi connectivity index (χ4v) is 5.67. The maximum absolute atomic E-state index is 11.9. The van der Waals surface area contributed by atoms with Crippen molar-refractivity contribution >= 4 is 5.91 Å². The highest BCUT2D eigenvalue weighted by Gasteiger charge is 2.55. The van der Waals surface area contributed by atoms with Gasteiger partial charge in [0.1, 0.15) is 0 Å². The summed E-state index contributed by atoms with van der Waals surface area (Å²) < 4.78 is 0. The Morgan fingerprint density at radius 3 is 2.69 bits per heavy atom. The van der Waals surface area contributed by atoms with E-state index in [1.807, 2.05) is 0 Å². The Morgan fingerprint density at radius 1 is 1.35 bits per heavy atom. The fraction of sp³-hybridized carbons (Fsp3) is 0.783. The van der Waals surface area contributed by atoms with Crippen LogP contribution in [0.2, 0.25) is 0 Å². The number of hydrogen-bond acceptors (Lipinski definition) is 2. The largest absolute Gasteiger partial charge is 0.393 e. The summed E-state index contributed by atoms with van der Waals surface area (Å²) in [7, 11) is 0. The summed E-state index contributed by atoms with van der Waals surface area (Å²) in [6.45, 7) is 16.2. The zero-order chi connectivity index (χ0) is 19.5. The molecule has 2 rings (SSSR count). The molecule has 26 heavy (non-hydrogen) atoms. The van der Waals surface area contributed by atoms with Gasteiger partial charge < -0.3 is 10.4 Å². The van der Waals surface area contributed by atoms with Crippen LogP contribution in [0.25, 0.3) is 0 Å². The summed E-state index contributed by atoms with van der Waals surface area (Å²) in [4.78, 5) is 11.9. The van der Waals surface area contributed by atoms with E-state index in [-0.39, 0.29) is 22.8 Å². The molecule has 3 heteroatoms. The van der Waals surface area contributed by atoms with Gasteiger partial charge in [0.2, 0.25) is 5.91 Å². The molecule has 2 aliphatic carbocycles. The lowest BCUT2D eigenvalue weighted by Gasteiger charge is -2.59. The van der Waals surface area contributed by atoms with E-state index in [0.29, 0.717) is 11.8 Å². The molecule has 0 saturated heterocycles. The zero-order valence-electron chi connectivity index (χ0n) is 17.5. The first-order chi connectivity index (χ1) is 12.1. The minimum Gasteiger partial charge on any atom is -0.393 e. The fourth-order valence-electron chi connectivity index (χ4n) is 5.67. The van der Waals surface area contributed by atoms with E-state index in [1.54, 1.807) is 6.08 Å². The maximum atomic E-state index is 11.9. The van der Waals surface area contributed by atoms with Gasteiger partial charge >= 0.3 is 0 Å². The molecule has 148 valence electrons. The average molecular weight is 362 g/mol. The van der Waals surface area contributed by atoms with Crippen molar-refractivity contribution in [2.45, 2.75) is 85.7 Å². The van der Waals surface area contributed by atoms with Gasteiger partial charge in [-0.3, -0.25) is 4.79 Å². The van der Waals surface area contributed by atoms with Gasteiger partial charge in [0.05, 0.1) is 6.10 Å². The number of carbonyl (C=O) groups is 1. The highest BCUT2D eigenvalue weighted by atomic mass is 16.3. The summed E-state index contributed by atoms with van der Waals surface area (Å²) >= 11 is 0. The van der Waals surface area contributed by atoms with Crippen LogP contribution in [0.1, 0.15) is 79.6 Å². The van der Waals surface area contributed by atoms with E-state index < -0.39 is 0 Å². The van der Waals surface area contributed by atoms with Gasteiger partial charge in [0.15, 0.2) is 0 Å². The Bertz CT molecular complexity index is 563. The highest BCUT2D eigenvalue weighted by molar-refractivity contribution is 5.88. The lowest BCUT2D eigenvalue weighted by atomic mass is 9.46. The lowest BCUT2D eigenvalue weighted by molar-refractivity contribution is -0.124. The smallest absolute Gasteiger partial charge is 0.243 e. The van der Waals surface area contributed by atoms with Crippen molar-refractivity contribution < 1.29 is 9.90 Å². The zero-order valence-corrected chi connectivity index (χ0v) is 17.5. The standard InChI is InChI=1S/C23H39NO2/c1-7-14-24-21(26)15-16(2)8-10-18-17(3)9-11-19-22(4,5)20(25)12-13-23(18,19)6/h15,18-20,25H,3,7-14H2,1-2,4-6H3,(H,24,26)/b16-15+/t18-,19-,20-,23+/m1/s1. The third kappa shape index (κ3) is 4.24. The van der Waals surface area contributed by atoms with Crippen LogP contribution in [-0.2, 0) is 4.79 Å². The van der Waals surface area contributed by atoms with Gasteiger partial charge in [-0.2, -0.15) is 0 Å². The van der Waals surface area contributed by atoms with Crippen molar-refractivity contribution in [2.75, 3.05) is 6.54 Å². The molecule has 0 spiro atoms. The topological polar surface area (TPSA) is 49.3 Å². The number of aliphatic hydroxyl groups excluding tert-OH is 1. The molecule has 0 aromatic rings. The van der Waals surface area contributed by atoms with Crippen LogP contribution in [-0.4, -0.2) is 23.7 Å². The minimum atomic E-state index is -0.198. The predicted molar refractivity (Wildman–Crippen MR) is 109 cm³/mol. The van der Waals surface area contributed by atoms with Crippen LogP contribution >= 0.6 is 0 Å². The first-order valence-electron chi connectivity index (χ1n) is 10.4. The number of amides is 1. The van der Waals surface area contributed by atoms with Crippen molar-refractivity contribution in [1.82, 2.24) is 5.32 Å². The number of rotatable bonds is 6. The Morgan fingerprint density at radius 2 is 2.04 bits per heavy atom. The van der Waals surface area contributed by atoms with Crippen molar-refractivity contribution in [1.29, 1.82) is 0 Å². The molecule has 2 aliphatic rings. The number of allylic oxidation sites excluding steroid dienone is 2. The normalized spacial score (nSPS) is 34.3. The molecule has 0 aromatic carbocycles. The minimum absolute atomic E-state index is 0.0258. The summed E-state index contributed by atoms with van der Waals surface area (Å²) in [6, 6.07) is 0. The molecular weight excluding hydrogens is 322 g/mol. The van der Waals surface area contributed by atoms with Gasteiger partial charge in [0.25, 0.3) is 0 Å². The van der Waals surface area contributed by atoms with Crippen LogP contribution in [0.5, 0.6) is 0 Å². The summed E-state index contributed by atoms with van der Waals surface area (Å²) in [5.41, 5.74) is 2.70. The predicted octanol–water partition coefficient (Wildman–Crippen LogP) is 5.01. The molecular formula is C23H39NO2. The van der Waals surface area contributed by atoms with Crippen molar-refractivity contribution in [3.05, 3.63) is 23.8 Å². The molecule has 0 aliphatic heterocycles. The van der Waals surface area contributed by atoms with E-state index >= 15 is 0 Å². The monoisotopic (exact) mass is 361 g/mol. The Hall–Kier alpha value is -1.09. The second-order valence-electron chi connectivity index (χ2n) is 9.50. The molecule has 0 radical (unpaired) electrons. The van der Waals surface area contributed by atoms with Crippen LogP contribution in [0.4, 0.5) is 0 Å². The quantitative estimate of drug-likeness (QED) is 0.516. The van der Waals surface area contributed by atoms with Crippen LogP contribution in [0.3, 0.4) is 0 Å². The first-order valence-corrected chi connectivity index (χ1v) is 10.4. The number of aliphatic hydroxyl groups is 1. The van der Waals surface area contributed by atoms with E-state index in [4.69, 9.17) is 0 Å². The average Bonchev–Trinajstić information content (AvgIpc) is 2.56. The number of carbonyl (C=O) groups excluding carboxylic acids is 1. The summed E-state index contributed by atoms with van der Waals surface area (Å²) in [5, 5.41) is 13.5. The Labute approximate surface area is 160 Å². The maximum Gasteiger partial charge on any atom is 0.243 e. The van der Waals surface area contributed by atoms with Crippen molar-refractivity contribution in [2.24, 2.45) is 22.7 Å². The van der Waals surface area contributed by atoms with E-state index in [1.165, 1.54) is 5.57 Å². The van der Waals surface area contributed by atoms with Gasteiger partial charge in [-0.05, 0) is 74.5 Å². The summed E-state index contributed by atoms with van der Waals surface area (Å²) in [6.07, 6.45) is 8.69. The molecule has 0 bridgehead atoms. The molecule has 3 nitrogen and oxygen atoms in total. The third-order valence-electron chi connectivity index (χ3n) is 7.31. The second-order valence-corrected chi connectivity index (χ2v) is 9.50. The lowest BCUT2D eigenvalue weighted by Crippen LogP contribution is -2.54. The molecule has 0 heterocycles. The number of fused-ring (bicyclic) bond motifs is 1. The molecule has 1 amide bonds. The van der Waals surface area contributed by atoms with E-state index in [0.717, 1.165) is 57.1 Å². The molecule has 2 N–H and O–H groups in total. The van der Waals surface area contributed by atoms with E-state index in [9.17, 15) is 9.90 Å². The van der Waals surface area contributed by atoms with Crippen LogP contribution in [0.15, 0.2) is 23.8 Å². The van der Waals surface area contributed by atoms with Gasteiger partial charge in [-0.1, -0.05) is 45.4 Å². The van der Waals surface area contributed by atoms with Gasteiger partial charge in [-0.15, -0.1) is 0 Å². The SMILES string of the molecule is C=C1CC[C@@H]2C(C)(C)[C@H](O)CC[C@@]2(C)[C@@H]1CC/C(C)=C/C(=O)NCCC. The third-order valence-corrected chi connectivity index (χ3v) is 7.31. The first kappa shape index (κ1) is 21.2. The molecule has 0 unspecified atom stereocenters. The van der Waals surface area contributed by atoms with Crippen molar-refractivity contribution in [3.63, 3.8) is 0 Å². The number of hydrogen-bond donors (Lipinski definition) is 2. The van der Waals surface area contributed by atoms with Crippen molar-refractivity contribution in [3.8, 4) is 0 Å². The highest BCUT2D eigenvalue weighted by Crippen LogP contribution is 2.61. The molecule has 4 atom stereocenters. The molecule has 2 fully saturated rings. The Kier molecular flexibility index (Phi) is 6.76. The second kappa shape index (κ2) is 8.29. The summed E-state index contributed by atoms with van der Waals surface area (Å²) in [5.74, 6) is 1.04. The number of nitrogens with one attached hydrogen (secondary N) is 1.